The van der Waals surface area contributed by atoms with Gasteiger partial charge in [0.05, 0.1) is 13.3 Å². The van der Waals surface area contributed by atoms with Gasteiger partial charge in [0.2, 0.25) is 0 Å². The molecule has 0 saturated heterocycles. The van der Waals surface area contributed by atoms with Gasteiger partial charge in [-0.1, -0.05) is 30.3 Å². The Kier molecular flexibility index (Phi) is 5.56. The molecule has 1 unspecified atom stereocenters. The average Bonchev–Trinajstić information content (AvgIpc) is 2.69. The van der Waals surface area contributed by atoms with Gasteiger partial charge in [-0.25, -0.2) is 5.43 Å². The van der Waals surface area contributed by atoms with E-state index in [1.54, 1.807) is 19.1 Å². The zero-order valence-corrected chi connectivity index (χ0v) is 15.0. The molecule has 3 rings (SSSR count). The highest BCUT2D eigenvalue weighted by Crippen LogP contribution is 2.25. The number of methoxy groups -OCH3 is 1. The number of ether oxygens (including phenoxy) is 2. The minimum atomic E-state index is -0.710. The van der Waals surface area contributed by atoms with Crippen molar-refractivity contribution in [3.05, 3.63) is 66.2 Å². The maximum Gasteiger partial charge on any atom is 0.280 e. The van der Waals surface area contributed by atoms with Gasteiger partial charge in [0.15, 0.2) is 17.6 Å². The van der Waals surface area contributed by atoms with Crippen molar-refractivity contribution in [3.8, 4) is 17.2 Å². The summed E-state index contributed by atoms with van der Waals surface area (Å²) in [5, 5.41) is 15.6. The van der Waals surface area contributed by atoms with Crippen molar-refractivity contribution in [3.63, 3.8) is 0 Å². The Morgan fingerprint density at radius 1 is 1.11 bits per heavy atom. The molecule has 1 atom stereocenters. The number of phenolic OH excluding ortho intramolecular Hbond substituents is 1. The van der Waals surface area contributed by atoms with Crippen molar-refractivity contribution >= 4 is 22.9 Å². The summed E-state index contributed by atoms with van der Waals surface area (Å²) in [4.78, 5) is 12.2. The summed E-state index contributed by atoms with van der Waals surface area (Å²) in [5.74, 6) is 0.614. The third-order valence-electron chi connectivity index (χ3n) is 4.00. The standard InChI is InChI=1S/C21H20N2O4/c1-14(27-18-9-8-16-5-3-4-6-17(16)12-18)21(25)23-22-13-15-7-10-19(24)20(11-15)26-2/h3-14,24H,1-2H3,(H,23,25). The number of benzene rings is 3. The molecular weight excluding hydrogens is 344 g/mol. The van der Waals surface area contributed by atoms with Crippen LogP contribution in [0.3, 0.4) is 0 Å². The lowest BCUT2D eigenvalue weighted by molar-refractivity contribution is -0.127. The fourth-order valence-corrected chi connectivity index (χ4v) is 2.53. The van der Waals surface area contributed by atoms with Crippen LogP contribution in [-0.4, -0.2) is 30.4 Å². The number of carbonyl (C=O) groups is 1. The van der Waals surface area contributed by atoms with Crippen LogP contribution in [0.5, 0.6) is 17.2 Å². The number of fused-ring (bicyclic) bond motifs is 1. The number of nitrogens with one attached hydrogen (secondary N) is 1. The molecule has 2 N–H and O–H groups in total. The van der Waals surface area contributed by atoms with Crippen molar-refractivity contribution in [2.75, 3.05) is 7.11 Å². The van der Waals surface area contributed by atoms with E-state index in [1.165, 1.54) is 19.4 Å². The molecule has 0 heterocycles. The number of amides is 1. The zero-order chi connectivity index (χ0) is 19.2. The largest absolute Gasteiger partial charge is 0.504 e. The van der Waals surface area contributed by atoms with E-state index in [4.69, 9.17) is 9.47 Å². The lowest BCUT2D eigenvalue weighted by Gasteiger charge is -2.13. The van der Waals surface area contributed by atoms with E-state index in [0.29, 0.717) is 17.1 Å². The van der Waals surface area contributed by atoms with Gasteiger partial charge in [-0.3, -0.25) is 4.79 Å². The summed E-state index contributed by atoms with van der Waals surface area (Å²) in [7, 11) is 1.46. The molecule has 138 valence electrons. The molecule has 0 aliphatic heterocycles. The van der Waals surface area contributed by atoms with E-state index in [-0.39, 0.29) is 11.7 Å². The Labute approximate surface area is 157 Å². The molecule has 0 aromatic heterocycles. The number of hydrogen-bond acceptors (Lipinski definition) is 5. The number of hydrazone groups is 1. The Balaban J connectivity index is 1.59. The van der Waals surface area contributed by atoms with Crippen LogP contribution < -0.4 is 14.9 Å². The third kappa shape index (κ3) is 4.55. The van der Waals surface area contributed by atoms with E-state index in [0.717, 1.165) is 10.8 Å². The van der Waals surface area contributed by atoms with Crippen LogP contribution in [0.1, 0.15) is 12.5 Å². The van der Waals surface area contributed by atoms with Gasteiger partial charge in [-0.2, -0.15) is 5.10 Å². The summed E-state index contributed by atoms with van der Waals surface area (Å²) in [6.07, 6.45) is 0.750. The third-order valence-corrected chi connectivity index (χ3v) is 4.00. The van der Waals surface area contributed by atoms with E-state index in [1.807, 2.05) is 42.5 Å². The second-order valence-electron chi connectivity index (χ2n) is 5.93. The van der Waals surface area contributed by atoms with Crippen LogP contribution >= 0.6 is 0 Å². The van der Waals surface area contributed by atoms with Gasteiger partial charge in [-0.15, -0.1) is 0 Å². The summed E-state index contributed by atoms with van der Waals surface area (Å²) in [6.45, 7) is 1.66. The maximum absolute atomic E-state index is 12.2. The van der Waals surface area contributed by atoms with Gasteiger partial charge in [0, 0.05) is 0 Å². The fraction of sp³-hybridized carbons (Fsp3) is 0.143. The molecule has 0 bridgehead atoms. The highest BCUT2D eigenvalue weighted by Gasteiger charge is 2.14. The molecule has 3 aromatic rings. The zero-order valence-electron chi connectivity index (χ0n) is 15.0. The molecule has 3 aromatic carbocycles. The second kappa shape index (κ2) is 8.23. The number of aromatic hydroxyl groups is 1. The van der Waals surface area contributed by atoms with Crippen molar-refractivity contribution in [2.45, 2.75) is 13.0 Å². The van der Waals surface area contributed by atoms with Crippen LogP contribution in [0.2, 0.25) is 0 Å². The second-order valence-corrected chi connectivity index (χ2v) is 5.93. The summed E-state index contributed by atoms with van der Waals surface area (Å²) in [6, 6.07) is 18.4. The highest BCUT2D eigenvalue weighted by molar-refractivity contribution is 5.86. The summed E-state index contributed by atoms with van der Waals surface area (Å²) in [5.41, 5.74) is 3.12. The minimum absolute atomic E-state index is 0.0380. The van der Waals surface area contributed by atoms with Crippen molar-refractivity contribution in [1.82, 2.24) is 5.43 Å². The molecule has 27 heavy (non-hydrogen) atoms. The molecular formula is C21H20N2O4. The van der Waals surface area contributed by atoms with Gasteiger partial charge >= 0.3 is 0 Å². The normalized spacial score (nSPS) is 12.1. The maximum atomic E-state index is 12.2. The minimum Gasteiger partial charge on any atom is -0.504 e. The van der Waals surface area contributed by atoms with Crippen LogP contribution in [0.15, 0.2) is 65.8 Å². The molecule has 0 saturated carbocycles. The predicted octanol–water partition coefficient (Wildman–Crippen LogP) is 3.47. The van der Waals surface area contributed by atoms with E-state index in [9.17, 15) is 9.90 Å². The first-order valence-electron chi connectivity index (χ1n) is 8.42. The van der Waals surface area contributed by atoms with Crippen molar-refractivity contribution < 1.29 is 19.4 Å². The molecule has 0 radical (unpaired) electrons. The van der Waals surface area contributed by atoms with Gasteiger partial charge < -0.3 is 14.6 Å². The first-order chi connectivity index (χ1) is 13.1. The van der Waals surface area contributed by atoms with Gasteiger partial charge in [0.25, 0.3) is 5.91 Å². The lowest BCUT2D eigenvalue weighted by atomic mass is 10.1. The van der Waals surface area contributed by atoms with Crippen molar-refractivity contribution in [2.24, 2.45) is 5.10 Å². The molecule has 0 spiro atoms. The monoisotopic (exact) mass is 364 g/mol. The van der Waals surface area contributed by atoms with Crippen molar-refractivity contribution in [1.29, 1.82) is 0 Å². The number of rotatable bonds is 6. The summed E-state index contributed by atoms with van der Waals surface area (Å²) < 4.78 is 10.7. The van der Waals surface area contributed by atoms with Crippen LogP contribution in [0, 0.1) is 0 Å². The molecule has 0 fully saturated rings. The van der Waals surface area contributed by atoms with E-state index in [2.05, 4.69) is 10.5 Å². The number of phenols is 1. The van der Waals surface area contributed by atoms with E-state index < -0.39 is 6.10 Å². The van der Waals surface area contributed by atoms with Gasteiger partial charge in [0.1, 0.15) is 5.75 Å². The molecule has 1 amide bonds. The van der Waals surface area contributed by atoms with Crippen LogP contribution in [0.25, 0.3) is 10.8 Å². The molecule has 6 nitrogen and oxygen atoms in total. The number of nitrogens with zero attached hydrogens (tertiary/aromatic N) is 1. The predicted molar refractivity (Wildman–Crippen MR) is 104 cm³/mol. The van der Waals surface area contributed by atoms with Crippen LogP contribution in [-0.2, 0) is 4.79 Å². The first-order valence-corrected chi connectivity index (χ1v) is 8.42. The fourth-order valence-electron chi connectivity index (χ4n) is 2.53. The topological polar surface area (TPSA) is 80.2 Å². The highest BCUT2D eigenvalue weighted by atomic mass is 16.5. The Morgan fingerprint density at radius 2 is 1.89 bits per heavy atom. The van der Waals surface area contributed by atoms with Gasteiger partial charge in [-0.05, 0) is 53.6 Å². The lowest BCUT2D eigenvalue weighted by Crippen LogP contribution is -2.33. The smallest absolute Gasteiger partial charge is 0.280 e. The SMILES string of the molecule is COc1cc(C=NNC(=O)C(C)Oc2ccc3ccccc3c2)ccc1O. The average molecular weight is 364 g/mol. The Bertz CT molecular complexity index is 985. The van der Waals surface area contributed by atoms with E-state index >= 15 is 0 Å². The van der Waals surface area contributed by atoms with Crippen LogP contribution in [0.4, 0.5) is 0 Å². The first kappa shape index (κ1) is 18.3. The Hall–Kier alpha value is -3.54. The molecule has 0 aliphatic carbocycles. The quantitative estimate of drug-likeness (QED) is 0.518. The molecule has 0 aliphatic rings. The Morgan fingerprint density at radius 3 is 2.67 bits per heavy atom. The molecule has 6 heteroatoms. The number of carbonyl (C=O) groups excluding carboxylic acids is 1. The summed E-state index contributed by atoms with van der Waals surface area (Å²) >= 11 is 0. The number of hydrogen-bond donors (Lipinski definition) is 2.